The Kier molecular flexibility index (Phi) is 3.94. The lowest BCUT2D eigenvalue weighted by Gasteiger charge is -2.26. The first kappa shape index (κ1) is 14.1. The van der Waals surface area contributed by atoms with Gasteiger partial charge >= 0.3 is 0 Å². The predicted molar refractivity (Wildman–Crippen MR) is 76.2 cm³/mol. The lowest BCUT2D eigenvalue weighted by atomic mass is 9.96. The molecular weight excluding hydrogens is 260 g/mol. The number of rotatable bonds is 3. The van der Waals surface area contributed by atoms with Crippen molar-refractivity contribution in [2.45, 2.75) is 33.2 Å². The molecule has 19 heavy (non-hydrogen) atoms. The zero-order chi connectivity index (χ0) is 14.0. The molecule has 0 unspecified atom stereocenters. The van der Waals surface area contributed by atoms with Crippen molar-refractivity contribution < 1.29 is 9.59 Å². The Balaban J connectivity index is 1.91. The number of likely N-dealkylation sites (tertiary alicyclic amines) is 1. The second-order valence-corrected chi connectivity index (χ2v) is 7.00. The Labute approximate surface area is 117 Å². The summed E-state index contributed by atoms with van der Waals surface area (Å²) >= 11 is 1.50. The molecule has 104 valence electrons. The molecule has 1 aliphatic heterocycles. The van der Waals surface area contributed by atoms with Crippen LogP contribution in [0.15, 0.2) is 16.8 Å². The Bertz CT molecular complexity index is 462. The van der Waals surface area contributed by atoms with Gasteiger partial charge < -0.3 is 10.2 Å². The first-order valence-electron chi connectivity index (χ1n) is 6.46. The molecule has 2 amide bonds. The summed E-state index contributed by atoms with van der Waals surface area (Å²) in [5, 5.41) is 6.63. The van der Waals surface area contributed by atoms with Gasteiger partial charge in [-0.1, -0.05) is 20.8 Å². The molecule has 5 heteroatoms. The predicted octanol–water partition coefficient (Wildman–Crippen LogP) is 2.12. The molecular formula is C14H20N2O2S. The molecule has 4 nitrogen and oxygen atoms in total. The molecule has 2 heterocycles. The maximum Gasteiger partial charge on any atom is 0.252 e. The highest BCUT2D eigenvalue weighted by molar-refractivity contribution is 7.08. The maximum absolute atomic E-state index is 11.9. The van der Waals surface area contributed by atoms with Gasteiger partial charge in [-0.05, 0) is 16.9 Å². The van der Waals surface area contributed by atoms with Crippen LogP contribution in [0.4, 0.5) is 0 Å². The topological polar surface area (TPSA) is 49.4 Å². The molecule has 0 radical (unpaired) electrons. The lowest BCUT2D eigenvalue weighted by Crippen LogP contribution is -2.39. The SMILES string of the molecule is CC(C)(C)CN1C[C@@H](NC(=O)c2ccsc2)CC1=O. The minimum Gasteiger partial charge on any atom is -0.347 e. The van der Waals surface area contributed by atoms with Crippen molar-refractivity contribution in [2.75, 3.05) is 13.1 Å². The third-order valence-corrected chi connectivity index (χ3v) is 3.68. The van der Waals surface area contributed by atoms with Gasteiger partial charge in [0.1, 0.15) is 0 Å². The highest BCUT2D eigenvalue weighted by Crippen LogP contribution is 2.20. The van der Waals surface area contributed by atoms with Crippen molar-refractivity contribution in [3.05, 3.63) is 22.4 Å². The van der Waals surface area contributed by atoms with Crippen LogP contribution < -0.4 is 5.32 Å². The molecule has 0 bridgehead atoms. The van der Waals surface area contributed by atoms with E-state index in [4.69, 9.17) is 0 Å². The molecule has 1 N–H and O–H groups in total. The highest BCUT2D eigenvalue weighted by atomic mass is 32.1. The van der Waals surface area contributed by atoms with E-state index in [2.05, 4.69) is 26.1 Å². The van der Waals surface area contributed by atoms with Gasteiger partial charge in [0, 0.05) is 30.5 Å². The van der Waals surface area contributed by atoms with Gasteiger partial charge in [0.2, 0.25) is 5.91 Å². The van der Waals surface area contributed by atoms with Crippen LogP contribution in [0.25, 0.3) is 0 Å². The number of nitrogens with one attached hydrogen (secondary N) is 1. The number of amides is 2. The van der Waals surface area contributed by atoms with E-state index in [0.29, 0.717) is 18.5 Å². The Hall–Kier alpha value is -1.36. The molecule has 0 aromatic carbocycles. The molecule has 1 aromatic heterocycles. The standard InChI is InChI=1S/C14H20N2O2S/c1-14(2,3)9-16-7-11(6-12(16)17)15-13(18)10-4-5-19-8-10/h4-5,8,11H,6-7,9H2,1-3H3,(H,15,18)/t11-/m0/s1. The largest absolute Gasteiger partial charge is 0.347 e. The summed E-state index contributed by atoms with van der Waals surface area (Å²) < 4.78 is 0. The second kappa shape index (κ2) is 5.33. The van der Waals surface area contributed by atoms with Gasteiger partial charge in [0.05, 0.1) is 6.04 Å². The van der Waals surface area contributed by atoms with Crippen LogP contribution >= 0.6 is 11.3 Å². The van der Waals surface area contributed by atoms with E-state index in [-0.39, 0.29) is 23.3 Å². The maximum atomic E-state index is 11.9. The molecule has 2 rings (SSSR count). The summed E-state index contributed by atoms with van der Waals surface area (Å²) in [7, 11) is 0. The minimum absolute atomic E-state index is 0.0674. The fourth-order valence-corrected chi connectivity index (χ4v) is 2.89. The van der Waals surface area contributed by atoms with Crippen molar-refractivity contribution >= 4 is 23.2 Å². The third kappa shape index (κ3) is 3.80. The van der Waals surface area contributed by atoms with Crippen LogP contribution in [-0.4, -0.2) is 35.8 Å². The van der Waals surface area contributed by atoms with Crippen molar-refractivity contribution in [3.8, 4) is 0 Å². The fraction of sp³-hybridized carbons (Fsp3) is 0.571. The van der Waals surface area contributed by atoms with E-state index < -0.39 is 0 Å². The number of nitrogens with zero attached hydrogens (tertiary/aromatic N) is 1. The summed E-state index contributed by atoms with van der Waals surface area (Å²) in [4.78, 5) is 25.7. The summed E-state index contributed by atoms with van der Waals surface area (Å²) in [6.45, 7) is 7.68. The van der Waals surface area contributed by atoms with Crippen LogP contribution in [-0.2, 0) is 4.79 Å². The highest BCUT2D eigenvalue weighted by Gasteiger charge is 2.32. The molecule has 1 saturated heterocycles. The normalized spacial score (nSPS) is 19.8. The summed E-state index contributed by atoms with van der Waals surface area (Å²) in [5.41, 5.74) is 0.758. The fourth-order valence-electron chi connectivity index (χ4n) is 2.26. The zero-order valence-electron chi connectivity index (χ0n) is 11.6. The van der Waals surface area contributed by atoms with E-state index >= 15 is 0 Å². The lowest BCUT2D eigenvalue weighted by molar-refractivity contribution is -0.128. The van der Waals surface area contributed by atoms with Gasteiger partial charge in [-0.3, -0.25) is 9.59 Å². The Morgan fingerprint density at radius 1 is 1.53 bits per heavy atom. The zero-order valence-corrected chi connectivity index (χ0v) is 12.4. The molecule has 0 aliphatic carbocycles. The first-order chi connectivity index (χ1) is 8.85. The molecule has 1 aromatic rings. The smallest absolute Gasteiger partial charge is 0.252 e. The molecule has 0 saturated carbocycles. The van der Waals surface area contributed by atoms with E-state index in [1.165, 1.54) is 11.3 Å². The van der Waals surface area contributed by atoms with E-state index in [1.807, 2.05) is 15.7 Å². The first-order valence-corrected chi connectivity index (χ1v) is 7.40. The van der Waals surface area contributed by atoms with Gasteiger partial charge in [-0.15, -0.1) is 0 Å². The average molecular weight is 280 g/mol. The average Bonchev–Trinajstić information content (AvgIpc) is 2.87. The number of hydrogen-bond donors (Lipinski definition) is 1. The summed E-state index contributed by atoms with van der Waals surface area (Å²) in [6, 6.07) is 1.73. The van der Waals surface area contributed by atoms with E-state index in [1.54, 1.807) is 6.07 Å². The Morgan fingerprint density at radius 2 is 2.26 bits per heavy atom. The van der Waals surface area contributed by atoms with Gasteiger partial charge in [0.15, 0.2) is 0 Å². The molecule has 1 fully saturated rings. The van der Waals surface area contributed by atoms with Crippen LogP contribution in [0.2, 0.25) is 0 Å². The van der Waals surface area contributed by atoms with Gasteiger partial charge in [-0.2, -0.15) is 11.3 Å². The second-order valence-electron chi connectivity index (χ2n) is 6.22. The van der Waals surface area contributed by atoms with Crippen LogP contribution in [0.1, 0.15) is 37.6 Å². The van der Waals surface area contributed by atoms with Crippen LogP contribution in [0.3, 0.4) is 0 Å². The number of thiophene rings is 1. The van der Waals surface area contributed by atoms with E-state index in [9.17, 15) is 9.59 Å². The van der Waals surface area contributed by atoms with Crippen LogP contribution in [0.5, 0.6) is 0 Å². The summed E-state index contributed by atoms with van der Waals surface area (Å²) in [6.07, 6.45) is 0.409. The van der Waals surface area contributed by atoms with Gasteiger partial charge in [-0.25, -0.2) is 0 Å². The third-order valence-electron chi connectivity index (χ3n) is 3.00. The van der Waals surface area contributed by atoms with Crippen LogP contribution in [0, 0.1) is 5.41 Å². The van der Waals surface area contributed by atoms with Gasteiger partial charge in [0.25, 0.3) is 5.91 Å². The summed E-state index contributed by atoms with van der Waals surface area (Å²) in [5.74, 6) is 0.0437. The van der Waals surface area contributed by atoms with Crippen molar-refractivity contribution in [1.29, 1.82) is 0 Å². The van der Waals surface area contributed by atoms with Crippen molar-refractivity contribution in [1.82, 2.24) is 10.2 Å². The minimum atomic E-state index is -0.0864. The van der Waals surface area contributed by atoms with Crippen molar-refractivity contribution in [3.63, 3.8) is 0 Å². The Morgan fingerprint density at radius 3 is 2.84 bits per heavy atom. The molecule has 0 spiro atoms. The van der Waals surface area contributed by atoms with Crippen molar-refractivity contribution in [2.24, 2.45) is 5.41 Å². The molecule has 1 atom stereocenters. The number of carbonyl (C=O) groups excluding carboxylic acids is 2. The number of hydrogen-bond acceptors (Lipinski definition) is 3. The monoisotopic (exact) mass is 280 g/mol. The molecule has 1 aliphatic rings. The van der Waals surface area contributed by atoms with E-state index in [0.717, 1.165) is 6.54 Å². The quantitative estimate of drug-likeness (QED) is 0.922. The number of carbonyl (C=O) groups is 2.